The van der Waals surface area contributed by atoms with Crippen molar-refractivity contribution in [2.75, 3.05) is 5.73 Å². The summed E-state index contributed by atoms with van der Waals surface area (Å²) < 4.78 is 0. The van der Waals surface area contributed by atoms with Crippen molar-refractivity contribution in [3.63, 3.8) is 0 Å². The van der Waals surface area contributed by atoms with Gasteiger partial charge in [0, 0.05) is 21.0 Å². The topological polar surface area (TPSA) is 52.0 Å². The van der Waals surface area contributed by atoms with E-state index >= 15 is 0 Å². The third-order valence-electron chi connectivity index (χ3n) is 3.47. The maximum atomic E-state index is 6.23. The van der Waals surface area contributed by atoms with Crippen LogP contribution in [0, 0.1) is 0 Å². The van der Waals surface area contributed by atoms with Gasteiger partial charge in [0.1, 0.15) is 0 Å². The van der Waals surface area contributed by atoms with Gasteiger partial charge < -0.3 is 5.73 Å². The van der Waals surface area contributed by atoms with Crippen molar-refractivity contribution in [3.8, 4) is 0 Å². The van der Waals surface area contributed by atoms with Crippen molar-refractivity contribution in [3.05, 3.63) is 11.1 Å². The number of thiol groups is 1. The molecule has 0 spiro atoms. The van der Waals surface area contributed by atoms with Gasteiger partial charge in [-0.25, -0.2) is 0 Å². The number of nitrogens with two attached hydrogens (primary N) is 2. The molecular weight excluding hydrogens is 328 g/mol. The van der Waals surface area contributed by atoms with Crippen molar-refractivity contribution >= 4 is 72.2 Å². The number of rotatable bonds is 2. The summed E-state index contributed by atoms with van der Waals surface area (Å²) in [5.74, 6) is 0. The van der Waals surface area contributed by atoms with Gasteiger partial charge in [-0.15, -0.1) is 8.19 Å². The van der Waals surface area contributed by atoms with Crippen LogP contribution in [0.4, 0.5) is 5.15 Å². The van der Waals surface area contributed by atoms with Crippen LogP contribution in [0.15, 0.2) is 0 Å². The van der Waals surface area contributed by atoms with Gasteiger partial charge in [-0.3, -0.25) is 5.73 Å². The lowest BCUT2D eigenvalue weighted by Crippen LogP contribution is -2.21. The molecular formula is C12H18N2P4S. The van der Waals surface area contributed by atoms with E-state index in [2.05, 4.69) is 13.8 Å². The van der Waals surface area contributed by atoms with Crippen LogP contribution in [0.5, 0.6) is 0 Å². The number of aryl methyl sites for hydroxylation is 1. The number of fused-ring (bicyclic) bond motifs is 2. The van der Waals surface area contributed by atoms with Gasteiger partial charge in [0.25, 0.3) is 0 Å². The van der Waals surface area contributed by atoms with E-state index in [1.54, 1.807) is 5.30 Å². The first-order valence-electron chi connectivity index (χ1n) is 6.33. The monoisotopic (exact) mass is 346 g/mol. The molecule has 0 amide bonds. The summed E-state index contributed by atoms with van der Waals surface area (Å²) in [5.41, 5.74) is 15.7. The molecule has 3 rings (SSSR count). The van der Waals surface area contributed by atoms with Gasteiger partial charge in [0.15, 0.2) is 0 Å². The summed E-state index contributed by atoms with van der Waals surface area (Å²) in [7, 11) is 3.42. The Hall–Kier alpha value is 0.820. The maximum Gasteiger partial charge on any atom is 0.0570 e. The molecule has 5 unspecified atom stereocenters. The lowest BCUT2D eigenvalue weighted by Gasteiger charge is -2.16. The Kier molecular flexibility index (Phi) is 4.31. The Morgan fingerprint density at radius 3 is 2.68 bits per heavy atom. The largest absolute Gasteiger partial charge is 0.320 e. The fourth-order valence-corrected chi connectivity index (χ4v) is 10.3. The van der Waals surface area contributed by atoms with Crippen molar-refractivity contribution < 1.29 is 0 Å². The second-order valence-electron chi connectivity index (χ2n) is 4.78. The number of hydrogen-bond acceptors (Lipinski definition) is 3. The van der Waals surface area contributed by atoms with Gasteiger partial charge in [-0.1, -0.05) is 24.1 Å². The lowest BCUT2D eigenvalue weighted by atomic mass is 10.1. The highest BCUT2D eigenvalue weighted by atomic mass is 32.1. The molecule has 102 valence electrons. The van der Waals surface area contributed by atoms with E-state index in [1.807, 2.05) is 0 Å². The molecule has 5 atom stereocenters. The number of anilines is 1. The SMILES string of the molecule is CCc1c2c(c(C(C)S)c3[pH]c(N)pc13)PC(N)P2. The van der Waals surface area contributed by atoms with Gasteiger partial charge in [-0.05, 0) is 43.3 Å². The fourth-order valence-electron chi connectivity index (χ4n) is 2.75. The summed E-state index contributed by atoms with van der Waals surface area (Å²) in [6.07, 6.45) is 1.10. The second-order valence-corrected chi connectivity index (χ2v) is 11.8. The lowest BCUT2D eigenvalue weighted by molar-refractivity contribution is 1.14. The van der Waals surface area contributed by atoms with E-state index in [0.29, 0.717) is 13.7 Å². The fraction of sp³-hybridized carbons (Fsp3) is 0.417. The standard InChI is InChI=1S/C12H18N2P4S/c1-3-5-7-9(17-11(13)15-7)6(4(2)19)10-8(5)16-12(14)18-10/h4,11,15,17-19H,3,13-14H2,1-2H3. The second kappa shape index (κ2) is 5.55. The minimum Gasteiger partial charge on any atom is -0.320 e. The molecule has 19 heavy (non-hydrogen) atoms. The molecule has 0 saturated heterocycles. The normalized spacial score (nSPS) is 23.3. The predicted molar refractivity (Wildman–Crippen MR) is 101 cm³/mol. The van der Waals surface area contributed by atoms with Gasteiger partial charge >= 0.3 is 0 Å². The third-order valence-corrected chi connectivity index (χ3v) is 9.98. The number of hydrogen-bond donors (Lipinski definition) is 3. The molecule has 1 aliphatic rings. The molecule has 7 heteroatoms. The zero-order valence-corrected chi connectivity index (χ0v) is 15.7. The van der Waals surface area contributed by atoms with Crippen LogP contribution < -0.4 is 22.1 Å². The minimum absolute atomic E-state index is 0.282. The molecule has 0 fully saturated rings. The summed E-state index contributed by atoms with van der Waals surface area (Å²) >= 11 is 4.73. The smallest absolute Gasteiger partial charge is 0.0570 e. The molecule has 2 heterocycles. The Labute approximate surface area is 126 Å². The van der Waals surface area contributed by atoms with Crippen LogP contribution in [0.3, 0.4) is 0 Å². The first-order chi connectivity index (χ1) is 9.02. The van der Waals surface area contributed by atoms with Crippen LogP contribution in [0.25, 0.3) is 10.2 Å². The highest BCUT2D eigenvalue weighted by Gasteiger charge is 2.28. The zero-order valence-electron chi connectivity index (χ0n) is 10.9. The highest BCUT2D eigenvalue weighted by Crippen LogP contribution is 2.51. The molecule has 0 aliphatic carbocycles. The van der Waals surface area contributed by atoms with Gasteiger partial charge in [0.2, 0.25) is 0 Å². The van der Waals surface area contributed by atoms with E-state index in [-0.39, 0.29) is 5.25 Å². The van der Waals surface area contributed by atoms with Gasteiger partial charge in [0.05, 0.1) is 5.15 Å². The Morgan fingerprint density at radius 1 is 1.37 bits per heavy atom. The summed E-state index contributed by atoms with van der Waals surface area (Å²) in [6.45, 7) is 4.43. The van der Waals surface area contributed by atoms with Crippen molar-refractivity contribution in [2.24, 2.45) is 5.73 Å². The van der Waals surface area contributed by atoms with E-state index < -0.39 is 0 Å². The quantitative estimate of drug-likeness (QED) is 0.576. The van der Waals surface area contributed by atoms with Crippen LogP contribution in [0.2, 0.25) is 0 Å². The number of nitrogen functional groups attached to an aromatic ring is 1. The maximum absolute atomic E-state index is 6.23. The Balaban J connectivity index is 2.42. The Morgan fingerprint density at radius 2 is 2.05 bits per heavy atom. The molecule has 4 N–H and O–H groups in total. The van der Waals surface area contributed by atoms with E-state index in [0.717, 1.165) is 28.7 Å². The van der Waals surface area contributed by atoms with Crippen molar-refractivity contribution in [1.29, 1.82) is 0 Å². The highest BCUT2D eigenvalue weighted by molar-refractivity contribution is 7.80. The van der Waals surface area contributed by atoms with Gasteiger partial charge in [-0.2, -0.15) is 12.6 Å². The average Bonchev–Trinajstić information content (AvgIpc) is 2.86. The zero-order chi connectivity index (χ0) is 13.7. The van der Waals surface area contributed by atoms with Crippen LogP contribution in [-0.2, 0) is 6.42 Å². The van der Waals surface area contributed by atoms with Crippen LogP contribution in [-0.4, -0.2) is 5.52 Å². The third kappa shape index (κ3) is 2.43. The predicted octanol–water partition coefficient (Wildman–Crippen LogP) is 3.45. The minimum atomic E-state index is 0.282. The van der Waals surface area contributed by atoms with Crippen LogP contribution in [0.1, 0.15) is 30.2 Å². The molecule has 1 aromatic heterocycles. The summed E-state index contributed by atoms with van der Waals surface area (Å²) in [6, 6.07) is 0. The van der Waals surface area contributed by atoms with Crippen molar-refractivity contribution in [1.82, 2.24) is 0 Å². The molecule has 0 bridgehead atoms. The average molecular weight is 346 g/mol. The Bertz CT molecular complexity index is 653. The van der Waals surface area contributed by atoms with E-state index in [1.165, 1.54) is 34.9 Å². The molecule has 1 aromatic carbocycles. The number of benzene rings is 1. The summed E-state index contributed by atoms with van der Waals surface area (Å²) in [5, 5.41) is 7.45. The molecule has 0 radical (unpaired) electrons. The molecule has 2 nitrogen and oxygen atoms in total. The first-order valence-corrected chi connectivity index (χ1v) is 10.9. The van der Waals surface area contributed by atoms with E-state index in [9.17, 15) is 0 Å². The summed E-state index contributed by atoms with van der Waals surface area (Å²) in [4.78, 5) is 0. The first kappa shape index (κ1) is 14.7. The molecule has 0 saturated carbocycles. The van der Waals surface area contributed by atoms with Crippen molar-refractivity contribution in [2.45, 2.75) is 31.0 Å². The van der Waals surface area contributed by atoms with E-state index in [4.69, 9.17) is 24.1 Å². The van der Waals surface area contributed by atoms with Crippen LogP contribution >= 0.6 is 46.2 Å². The molecule has 2 aromatic rings. The molecule has 1 aliphatic heterocycles.